The van der Waals surface area contributed by atoms with E-state index in [2.05, 4.69) is 194 Å². The summed E-state index contributed by atoms with van der Waals surface area (Å²) in [6, 6.07) is 89.2. The summed E-state index contributed by atoms with van der Waals surface area (Å²) in [7, 11) is 0. The smallest absolute Gasteiger partial charge is 0.304 e. The number of nitrogens with zero attached hydrogens (tertiary/aromatic N) is 3. The van der Waals surface area contributed by atoms with Crippen LogP contribution in [0.15, 0.2) is 243 Å². The fourth-order valence-corrected chi connectivity index (χ4v) is 9.26. The van der Waals surface area contributed by atoms with Crippen molar-refractivity contribution in [2.75, 3.05) is 0 Å². The van der Waals surface area contributed by atoms with Crippen LogP contribution in [-0.2, 0) is 45.8 Å². The van der Waals surface area contributed by atoms with E-state index in [9.17, 15) is 0 Å². The van der Waals surface area contributed by atoms with Crippen LogP contribution >= 0.6 is 0 Å². The van der Waals surface area contributed by atoms with Gasteiger partial charge < -0.3 is 15.0 Å². The standard InChI is InChI=1S/C67H48N3.Ir/c1-5-15-52(16-6-1)53-31-33-54(34-32-53)55-35-37-56(38-36-55)63-44-67(59-21-11-4-12-22-59)70-47-64(63)62-24-14-13-23-61(62)60-42-50(27-25-48-29-39-65(68-45-48)57-17-7-2-8-18-57)41-51(43-60)28-26-49-30-40-66(69-46-49)58-19-9-3-10-20-58;/h1-17,19,21,23-24,29-47H,25-28H2;/q-3;+3. The maximum atomic E-state index is 5.11. The van der Waals surface area contributed by atoms with E-state index < -0.39 is 0 Å². The minimum atomic E-state index is 0. The summed E-state index contributed by atoms with van der Waals surface area (Å²) in [4.78, 5) is 14.8. The maximum absolute atomic E-state index is 5.11. The predicted octanol–water partition coefficient (Wildman–Crippen LogP) is 16.2. The molecule has 0 unspecified atom stereocenters. The van der Waals surface area contributed by atoms with E-state index in [1.807, 2.05) is 67.0 Å². The molecule has 0 saturated carbocycles. The van der Waals surface area contributed by atoms with Crippen LogP contribution < -0.4 is 0 Å². The van der Waals surface area contributed by atoms with E-state index >= 15 is 0 Å². The molecule has 0 aliphatic heterocycles. The number of aryl methyl sites for hydroxylation is 4. The second-order valence-corrected chi connectivity index (χ2v) is 17.7. The molecule has 0 bridgehead atoms. The molecule has 3 heterocycles. The number of benzene rings is 8. The Morgan fingerprint density at radius 1 is 0.268 bits per heavy atom. The summed E-state index contributed by atoms with van der Waals surface area (Å²) in [5.74, 6) is 0. The number of pyridine rings is 3. The normalized spacial score (nSPS) is 10.9. The van der Waals surface area contributed by atoms with Crippen LogP contribution in [0.5, 0.6) is 0 Å². The second kappa shape index (κ2) is 22.1. The van der Waals surface area contributed by atoms with Crippen molar-refractivity contribution >= 4 is 0 Å². The van der Waals surface area contributed by atoms with Gasteiger partial charge >= 0.3 is 20.1 Å². The molecule has 71 heavy (non-hydrogen) atoms. The Kier molecular flexibility index (Phi) is 14.5. The van der Waals surface area contributed by atoms with Crippen LogP contribution in [0, 0.1) is 18.2 Å². The van der Waals surface area contributed by atoms with Crippen molar-refractivity contribution < 1.29 is 20.1 Å². The molecule has 0 amide bonds. The molecule has 11 aromatic rings. The third-order valence-electron chi connectivity index (χ3n) is 13.0. The first-order chi connectivity index (χ1) is 34.7. The van der Waals surface area contributed by atoms with Gasteiger partial charge in [0.15, 0.2) is 0 Å². The van der Waals surface area contributed by atoms with Gasteiger partial charge in [-0.3, -0.25) is 0 Å². The maximum Gasteiger partial charge on any atom is 3.00 e. The molecule has 0 spiro atoms. The van der Waals surface area contributed by atoms with Crippen LogP contribution in [0.2, 0.25) is 0 Å². The number of rotatable bonds is 14. The summed E-state index contributed by atoms with van der Waals surface area (Å²) in [6.45, 7) is 0. The van der Waals surface area contributed by atoms with Crippen LogP contribution in [-0.4, -0.2) is 15.0 Å². The van der Waals surface area contributed by atoms with Gasteiger partial charge in [0.1, 0.15) is 0 Å². The predicted molar refractivity (Wildman–Crippen MR) is 288 cm³/mol. The molecule has 3 nitrogen and oxygen atoms in total. The van der Waals surface area contributed by atoms with Crippen LogP contribution in [0.4, 0.5) is 0 Å². The summed E-state index contributed by atoms with van der Waals surface area (Å²) >= 11 is 0. The molecule has 3 aromatic heterocycles. The first kappa shape index (κ1) is 46.6. The Hall–Kier alpha value is -8.14. The largest absolute Gasteiger partial charge is 3.00 e. The Labute approximate surface area is 431 Å². The molecule has 340 valence electrons. The molecule has 0 N–H and O–H groups in total. The SMILES string of the molecule is [Ir+3].[c-]1ccccc1-c1ccc(CCc2cc(CCc3ccc(-c4[c-]cccc4)nc3)cc(-c3ccccc3-c3cnc(-c4[c-]cccc4)cc3-c3ccc(-c4ccc(-c5ccccc5)cc4)cc3)c2)cn1. The van der Waals surface area contributed by atoms with Crippen molar-refractivity contribution in [1.29, 1.82) is 0 Å². The second-order valence-electron chi connectivity index (χ2n) is 17.7. The zero-order valence-corrected chi connectivity index (χ0v) is 41.5. The Bertz CT molecular complexity index is 3360. The average molecular weight is 1090 g/mol. The molecule has 0 radical (unpaired) electrons. The molecule has 0 aliphatic carbocycles. The Balaban J connectivity index is 0.00000582. The van der Waals surface area contributed by atoms with Gasteiger partial charge in [-0.1, -0.05) is 152 Å². The first-order valence-electron chi connectivity index (χ1n) is 24.0. The molecule has 0 saturated heterocycles. The van der Waals surface area contributed by atoms with Crippen molar-refractivity contribution in [2.24, 2.45) is 0 Å². The van der Waals surface area contributed by atoms with Gasteiger partial charge in [-0.25, -0.2) is 0 Å². The van der Waals surface area contributed by atoms with E-state index in [4.69, 9.17) is 15.0 Å². The molecule has 0 atom stereocenters. The minimum absolute atomic E-state index is 0. The molecular formula is C67H48IrN3. The average Bonchev–Trinajstić information content (AvgIpc) is 3.45. The summed E-state index contributed by atoms with van der Waals surface area (Å²) in [5, 5.41) is 0. The monoisotopic (exact) mass is 1090 g/mol. The van der Waals surface area contributed by atoms with E-state index in [1.54, 1.807) is 0 Å². The molecule has 8 aromatic carbocycles. The van der Waals surface area contributed by atoms with Gasteiger partial charge in [-0.2, -0.15) is 0 Å². The van der Waals surface area contributed by atoms with Crippen molar-refractivity contribution in [3.8, 4) is 89.4 Å². The third-order valence-corrected chi connectivity index (χ3v) is 13.0. The minimum Gasteiger partial charge on any atom is -0.304 e. The van der Waals surface area contributed by atoms with Crippen molar-refractivity contribution in [3.05, 3.63) is 283 Å². The molecular weight excluding hydrogens is 1040 g/mol. The van der Waals surface area contributed by atoms with Crippen molar-refractivity contribution in [1.82, 2.24) is 15.0 Å². The Morgan fingerprint density at radius 2 is 0.690 bits per heavy atom. The third kappa shape index (κ3) is 11.0. The van der Waals surface area contributed by atoms with Gasteiger partial charge in [0.05, 0.1) is 0 Å². The summed E-state index contributed by atoms with van der Waals surface area (Å²) < 4.78 is 0. The van der Waals surface area contributed by atoms with Crippen molar-refractivity contribution in [2.45, 2.75) is 25.7 Å². The van der Waals surface area contributed by atoms with Crippen LogP contribution in [0.1, 0.15) is 22.3 Å². The van der Waals surface area contributed by atoms with E-state index in [-0.39, 0.29) is 20.1 Å². The Morgan fingerprint density at radius 3 is 1.17 bits per heavy atom. The quantitative estimate of drug-likeness (QED) is 0.102. The zero-order valence-electron chi connectivity index (χ0n) is 39.1. The van der Waals surface area contributed by atoms with E-state index in [1.165, 1.54) is 50.1 Å². The molecule has 0 aliphatic rings. The van der Waals surface area contributed by atoms with Gasteiger partial charge in [-0.05, 0) is 115 Å². The van der Waals surface area contributed by atoms with Crippen LogP contribution in [0.3, 0.4) is 0 Å². The number of aromatic nitrogens is 3. The molecule has 0 fully saturated rings. The number of hydrogen-bond acceptors (Lipinski definition) is 3. The first-order valence-corrected chi connectivity index (χ1v) is 24.0. The summed E-state index contributed by atoms with van der Waals surface area (Å²) in [5.41, 5.74) is 22.3. The van der Waals surface area contributed by atoms with Gasteiger partial charge in [-0.15, -0.1) is 108 Å². The fourth-order valence-electron chi connectivity index (χ4n) is 9.26. The zero-order chi connectivity index (χ0) is 46.9. The van der Waals surface area contributed by atoms with Gasteiger partial charge in [0, 0.05) is 24.2 Å². The topological polar surface area (TPSA) is 38.7 Å². The molecule has 4 heteroatoms. The van der Waals surface area contributed by atoms with Crippen molar-refractivity contribution in [3.63, 3.8) is 0 Å². The van der Waals surface area contributed by atoms with Gasteiger partial charge in [0.25, 0.3) is 0 Å². The number of hydrogen-bond donors (Lipinski definition) is 0. The molecule has 11 rings (SSSR count). The van der Waals surface area contributed by atoms with E-state index in [0.29, 0.717) is 0 Å². The fraction of sp³-hybridized carbons (Fsp3) is 0.0597. The van der Waals surface area contributed by atoms with Crippen LogP contribution in [0.25, 0.3) is 89.4 Å². The van der Waals surface area contributed by atoms with E-state index in [0.717, 1.165) is 87.3 Å². The summed E-state index contributed by atoms with van der Waals surface area (Å²) in [6.07, 6.45) is 9.58. The van der Waals surface area contributed by atoms with Gasteiger partial charge in [0.2, 0.25) is 0 Å².